The SMILES string of the molecule is CSc1ccc(C2CC(=O)N(c3cccc(Cl)c3)C3=C2C(=O)CCC3)cc1. The highest BCUT2D eigenvalue weighted by atomic mass is 35.5. The van der Waals surface area contributed by atoms with E-state index in [1.165, 1.54) is 4.90 Å². The second kappa shape index (κ2) is 7.53. The van der Waals surface area contributed by atoms with Gasteiger partial charge in [0.2, 0.25) is 5.91 Å². The van der Waals surface area contributed by atoms with Crippen LogP contribution < -0.4 is 4.90 Å². The third-order valence-corrected chi connectivity index (χ3v) is 6.24. The van der Waals surface area contributed by atoms with Gasteiger partial charge in [0.25, 0.3) is 0 Å². The van der Waals surface area contributed by atoms with Gasteiger partial charge in [0, 0.05) is 39.9 Å². The number of nitrogens with zero attached hydrogens (tertiary/aromatic N) is 1. The molecule has 4 rings (SSSR count). The van der Waals surface area contributed by atoms with Crippen molar-refractivity contribution in [3.63, 3.8) is 0 Å². The molecule has 0 spiro atoms. The van der Waals surface area contributed by atoms with Crippen molar-refractivity contribution in [2.75, 3.05) is 11.2 Å². The molecule has 5 heteroatoms. The van der Waals surface area contributed by atoms with Crippen molar-refractivity contribution < 1.29 is 9.59 Å². The molecule has 138 valence electrons. The number of ketones is 1. The maximum atomic E-state index is 13.1. The summed E-state index contributed by atoms with van der Waals surface area (Å²) in [6, 6.07) is 15.5. The van der Waals surface area contributed by atoms with E-state index in [-0.39, 0.29) is 17.6 Å². The first-order valence-corrected chi connectivity index (χ1v) is 10.7. The Labute approximate surface area is 168 Å². The number of benzene rings is 2. The summed E-state index contributed by atoms with van der Waals surface area (Å²) < 4.78 is 0. The van der Waals surface area contributed by atoms with Crippen LogP contribution in [0.1, 0.15) is 37.2 Å². The van der Waals surface area contributed by atoms with Gasteiger partial charge in [0.05, 0.1) is 5.69 Å². The van der Waals surface area contributed by atoms with E-state index < -0.39 is 0 Å². The van der Waals surface area contributed by atoms with Crippen LogP contribution in [0.25, 0.3) is 0 Å². The van der Waals surface area contributed by atoms with Gasteiger partial charge in [-0.15, -0.1) is 11.8 Å². The number of anilines is 1. The van der Waals surface area contributed by atoms with Crippen molar-refractivity contribution in [3.05, 3.63) is 70.4 Å². The van der Waals surface area contributed by atoms with Crippen LogP contribution in [0, 0.1) is 0 Å². The summed E-state index contributed by atoms with van der Waals surface area (Å²) >= 11 is 7.83. The first-order chi connectivity index (χ1) is 13.1. The fraction of sp³-hybridized carbons (Fsp3) is 0.273. The monoisotopic (exact) mass is 397 g/mol. The van der Waals surface area contributed by atoms with Crippen LogP contribution >= 0.6 is 23.4 Å². The smallest absolute Gasteiger partial charge is 0.232 e. The number of amides is 1. The zero-order chi connectivity index (χ0) is 19.0. The molecule has 27 heavy (non-hydrogen) atoms. The third-order valence-electron chi connectivity index (χ3n) is 5.26. The third kappa shape index (κ3) is 3.44. The van der Waals surface area contributed by atoms with E-state index in [1.54, 1.807) is 28.8 Å². The highest BCUT2D eigenvalue weighted by Gasteiger charge is 2.39. The Hall–Kier alpha value is -2.04. The predicted molar refractivity (Wildman–Crippen MR) is 110 cm³/mol. The largest absolute Gasteiger partial charge is 0.294 e. The lowest BCUT2D eigenvalue weighted by atomic mass is 9.77. The highest BCUT2D eigenvalue weighted by Crippen LogP contribution is 2.43. The summed E-state index contributed by atoms with van der Waals surface area (Å²) in [4.78, 5) is 28.9. The molecule has 0 N–H and O–H groups in total. The van der Waals surface area contributed by atoms with Crippen LogP contribution in [-0.4, -0.2) is 17.9 Å². The number of hydrogen-bond donors (Lipinski definition) is 0. The molecule has 1 amide bonds. The Balaban J connectivity index is 1.82. The Morgan fingerprint density at radius 2 is 1.85 bits per heavy atom. The molecule has 1 heterocycles. The minimum Gasteiger partial charge on any atom is -0.294 e. The van der Waals surface area contributed by atoms with Gasteiger partial charge in [-0.2, -0.15) is 0 Å². The van der Waals surface area contributed by atoms with Gasteiger partial charge in [-0.1, -0.05) is 29.8 Å². The van der Waals surface area contributed by atoms with E-state index in [4.69, 9.17) is 11.6 Å². The lowest BCUT2D eigenvalue weighted by Gasteiger charge is -2.38. The Kier molecular flexibility index (Phi) is 5.11. The van der Waals surface area contributed by atoms with E-state index in [1.807, 2.05) is 30.5 Å². The Bertz CT molecular complexity index is 936. The number of carbonyl (C=O) groups excluding carboxylic acids is 2. The molecule has 2 aromatic carbocycles. The Morgan fingerprint density at radius 3 is 2.56 bits per heavy atom. The van der Waals surface area contributed by atoms with Crippen LogP contribution in [0.2, 0.25) is 5.02 Å². The normalized spacial score (nSPS) is 20.1. The molecule has 1 aliphatic carbocycles. The lowest BCUT2D eigenvalue weighted by Crippen LogP contribution is -2.40. The molecule has 1 unspecified atom stereocenters. The maximum Gasteiger partial charge on any atom is 0.232 e. The van der Waals surface area contributed by atoms with Crippen LogP contribution in [0.3, 0.4) is 0 Å². The van der Waals surface area contributed by atoms with Gasteiger partial charge in [0.1, 0.15) is 0 Å². The topological polar surface area (TPSA) is 37.4 Å². The predicted octanol–water partition coefficient (Wildman–Crippen LogP) is 5.59. The summed E-state index contributed by atoms with van der Waals surface area (Å²) in [5.41, 5.74) is 3.43. The molecule has 0 bridgehead atoms. The van der Waals surface area contributed by atoms with E-state index in [0.717, 1.165) is 35.4 Å². The van der Waals surface area contributed by atoms with Crippen LogP contribution in [0.5, 0.6) is 0 Å². The van der Waals surface area contributed by atoms with Crippen molar-refractivity contribution >= 4 is 40.7 Å². The molecule has 0 radical (unpaired) electrons. The van der Waals surface area contributed by atoms with E-state index >= 15 is 0 Å². The summed E-state index contributed by atoms with van der Waals surface area (Å²) in [6.07, 6.45) is 4.40. The number of halogens is 1. The van der Waals surface area contributed by atoms with Crippen molar-refractivity contribution in [2.45, 2.75) is 36.5 Å². The minimum absolute atomic E-state index is 0.0182. The fourth-order valence-corrected chi connectivity index (χ4v) is 4.62. The molecular weight excluding hydrogens is 378 g/mol. The van der Waals surface area contributed by atoms with Gasteiger partial charge in [-0.25, -0.2) is 0 Å². The summed E-state index contributed by atoms with van der Waals surface area (Å²) in [5.74, 6) is 0.0195. The van der Waals surface area contributed by atoms with Gasteiger partial charge in [-0.3, -0.25) is 14.5 Å². The number of carbonyl (C=O) groups is 2. The second-order valence-corrected chi connectivity index (χ2v) is 8.19. The van der Waals surface area contributed by atoms with Gasteiger partial charge < -0.3 is 0 Å². The van der Waals surface area contributed by atoms with Gasteiger partial charge >= 0.3 is 0 Å². The number of rotatable bonds is 3. The van der Waals surface area contributed by atoms with E-state index in [9.17, 15) is 9.59 Å². The number of hydrogen-bond acceptors (Lipinski definition) is 3. The first-order valence-electron chi connectivity index (χ1n) is 9.07. The quantitative estimate of drug-likeness (QED) is 0.633. The molecule has 0 aromatic heterocycles. The summed E-state index contributed by atoms with van der Waals surface area (Å²) in [6.45, 7) is 0. The Morgan fingerprint density at radius 1 is 1.07 bits per heavy atom. The maximum absolute atomic E-state index is 13.1. The molecule has 1 atom stereocenters. The minimum atomic E-state index is -0.161. The molecule has 0 saturated carbocycles. The van der Waals surface area contributed by atoms with Crippen molar-refractivity contribution in [3.8, 4) is 0 Å². The zero-order valence-corrected chi connectivity index (χ0v) is 16.6. The van der Waals surface area contributed by atoms with Crippen molar-refractivity contribution in [1.29, 1.82) is 0 Å². The lowest BCUT2D eigenvalue weighted by molar-refractivity contribution is -0.119. The van der Waals surface area contributed by atoms with Crippen molar-refractivity contribution in [1.82, 2.24) is 0 Å². The molecule has 1 aliphatic heterocycles. The summed E-state index contributed by atoms with van der Waals surface area (Å²) in [5, 5.41) is 0.583. The van der Waals surface area contributed by atoms with Gasteiger partial charge in [0.15, 0.2) is 5.78 Å². The fourth-order valence-electron chi connectivity index (χ4n) is 4.03. The highest BCUT2D eigenvalue weighted by molar-refractivity contribution is 7.98. The molecule has 0 saturated heterocycles. The second-order valence-electron chi connectivity index (χ2n) is 6.88. The average Bonchev–Trinajstić information content (AvgIpc) is 2.67. The van der Waals surface area contributed by atoms with Crippen LogP contribution in [-0.2, 0) is 9.59 Å². The average molecular weight is 398 g/mol. The van der Waals surface area contributed by atoms with Crippen LogP contribution in [0.4, 0.5) is 5.69 Å². The molecule has 2 aliphatic rings. The number of allylic oxidation sites excluding steroid dienone is 2. The standard InChI is InChI=1S/C22H20ClNO2S/c1-27-17-10-8-14(9-11-17)18-13-21(26)24(16-5-2-4-15(23)12-16)19-6-3-7-20(25)22(18)19/h2,4-5,8-12,18H,3,6-7,13H2,1H3. The molecule has 2 aromatic rings. The molecular formula is C22H20ClNO2S. The van der Waals surface area contributed by atoms with Crippen LogP contribution in [0.15, 0.2) is 64.7 Å². The van der Waals surface area contributed by atoms with E-state index in [0.29, 0.717) is 17.9 Å². The molecule has 3 nitrogen and oxygen atoms in total. The number of Topliss-reactive ketones (excluding diaryl/α,β-unsaturated/α-hetero) is 1. The number of thioether (sulfide) groups is 1. The first kappa shape index (κ1) is 18.3. The van der Waals surface area contributed by atoms with Crippen molar-refractivity contribution in [2.24, 2.45) is 0 Å². The van der Waals surface area contributed by atoms with Gasteiger partial charge in [-0.05, 0) is 55.0 Å². The zero-order valence-electron chi connectivity index (χ0n) is 15.1. The molecule has 0 fully saturated rings. The summed E-state index contributed by atoms with van der Waals surface area (Å²) in [7, 11) is 0. The van der Waals surface area contributed by atoms with E-state index in [2.05, 4.69) is 12.1 Å².